The Labute approximate surface area is 201 Å². The van der Waals surface area contributed by atoms with Crippen molar-refractivity contribution < 1.29 is 15.0 Å². The quantitative estimate of drug-likeness (QED) is 0.448. The Morgan fingerprint density at radius 2 is 1.33 bits per heavy atom. The van der Waals surface area contributed by atoms with E-state index in [4.69, 9.17) is 0 Å². The standard InChI is InChI=1S/C30H48O3/c1-26(2)21-10-13-28(5)17-18-16-20(31)25-27(3,4)24(33)11-14-29(25,6)19(18)8-9-22(28)30(21,7)15-12-23(26)32/h16,19,21-25,32-33H,8-15,17H2,1-7H3/t19-,21-,22-,23-,24-,25-,28-,29+,30-/m0/s1. The summed E-state index contributed by atoms with van der Waals surface area (Å²) in [5, 5.41) is 21.7. The molecule has 0 radical (unpaired) electrons. The van der Waals surface area contributed by atoms with Gasteiger partial charge in [-0.2, -0.15) is 0 Å². The molecule has 0 aromatic heterocycles. The summed E-state index contributed by atoms with van der Waals surface area (Å²) in [4.78, 5) is 13.6. The number of fused-ring (bicyclic) bond motifs is 6. The second-order valence-electron chi connectivity index (χ2n) is 14.9. The molecule has 0 aromatic carbocycles. The number of allylic oxidation sites excluding steroid dienone is 2. The fourth-order valence-corrected chi connectivity index (χ4v) is 10.9. The van der Waals surface area contributed by atoms with Crippen LogP contribution in [0.5, 0.6) is 0 Å². The summed E-state index contributed by atoms with van der Waals surface area (Å²) in [6.45, 7) is 16.3. The second-order valence-corrected chi connectivity index (χ2v) is 14.9. The van der Waals surface area contributed by atoms with Crippen LogP contribution in [0.25, 0.3) is 0 Å². The van der Waals surface area contributed by atoms with Crippen LogP contribution in [0.1, 0.15) is 106 Å². The first kappa shape index (κ1) is 24.0. The van der Waals surface area contributed by atoms with Gasteiger partial charge in [-0.05, 0) is 103 Å². The summed E-state index contributed by atoms with van der Waals surface area (Å²) in [5.74, 6) is 1.86. The zero-order chi connectivity index (χ0) is 24.2. The third kappa shape index (κ3) is 3.09. The monoisotopic (exact) mass is 456 g/mol. The van der Waals surface area contributed by atoms with Gasteiger partial charge in [-0.3, -0.25) is 4.79 Å². The molecule has 5 rings (SSSR count). The highest BCUT2D eigenvalue weighted by Gasteiger charge is 2.64. The number of ketones is 1. The van der Waals surface area contributed by atoms with Crippen LogP contribution in [0.4, 0.5) is 0 Å². The van der Waals surface area contributed by atoms with Crippen LogP contribution in [-0.2, 0) is 4.79 Å². The second kappa shape index (κ2) is 7.19. The average molecular weight is 457 g/mol. The number of carbonyl (C=O) groups excluding carboxylic acids is 1. The number of aliphatic hydroxyl groups is 2. The number of rotatable bonds is 0. The lowest BCUT2D eigenvalue weighted by Gasteiger charge is -2.63. The van der Waals surface area contributed by atoms with Gasteiger partial charge in [-0.25, -0.2) is 0 Å². The van der Waals surface area contributed by atoms with Crippen LogP contribution in [0, 0.1) is 50.7 Å². The molecular formula is C30H48O3. The molecule has 5 aliphatic rings. The van der Waals surface area contributed by atoms with Gasteiger partial charge in [0.05, 0.1) is 12.2 Å². The van der Waals surface area contributed by atoms with Gasteiger partial charge in [0.15, 0.2) is 5.78 Å². The summed E-state index contributed by atoms with van der Waals surface area (Å²) in [6, 6.07) is 0. The van der Waals surface area contributed by atoms with Crippen LogP contribution in [-0.4, -0.2) is 28.2 Å². The van der Waals surface area contributed by atoms with Crippen molar-refractivity contribution in [1.29, 1.82) is 0 Å². The van der Waals surface area contributed by atoms with E-state index >= 15 is 0 Å². The molecule has 186 valence electrons. The molecule has 0 aliphatic heterocycles. The lowest BCUT2D eigenvalue weighted by Crippen LogP contribution is -2.58. The smallest absolute Gasteiger partial charge is 0.159 e. The lowest BCUT2D eigenvalue weighted by atomic mass is 9.42. The van der Waals surface area contributed by atoms with E-state index in [0.29, 0.717) is 17.8 Å². The predicted octanol–water partition coefficient (Wildman–Crippen LogP) is 6.32. The average Bonchev–Trinajstić information content (AvgIpc) is 2.85. The van der Waals surface area contributed by atoms with Gasteiger partial charge >= 0.3 is 0 Å². The molecule has 0 spiro atoms. The van der Waals surface area contributed by atoms with Gasteiger partial charge in [0.1, 0.15) is 0 Å². The normalized spacial score (nSPS) is 53.0. The van der Waals surface area contributed by atoms with Crippen molar-refractivity contribution >= 4 is 5.78 Å². The van der Waals surface area contributed by atoms with Gasteiger partial charge in [-0.1, -0.05) is 54.0 Å². The van der Waals surface area contributed by atoms with Crippen molar-refractivity contribution in [3.8, 4) is 0 Å². The molecule has 2 N–H and O–H groups in total. The highest BCUT2D eigenvalue weighted by atomic mass is 16.3. The first-order chi connectivity index (χ1) is 15.2. The topological polar surface area (TPSA) is 57.5 Å². The highest BCUT2D eigenvalue weighted by Crippen LogP contribution is 2.70. The zero-order valence-electron chi connectivity index (χ0n) is 22.2. The van der Waals surface area contributed by atoms with E-state index in [1.54, 1.807) is 0 Å². The molecule has 4 fully saturated rings. The molecule has 4 saturated carbocycles. The first-order valence-electron chi connectivity index (χ1n) is 13.8. The Hall–Kier alpha value is -0.670. The maximum atomic E-state index is 13.6. The minimum absolute atomic E-state index is 0.0246. The molecule has 5 aliphatic carbocycles. The summed E-state index contributed by atoms with van der Waals surface area (Å²) >= 11 is 0. The van der Waals surface area contributed by atoms with Crippen molar-refractivity contribution in [1.82, 2.24) is 0 Å². The Balaban J connectivity index is 1.54. The third-order valence-corrected chi connectivity index (χ3v) is 12.6. The van der Waals surface area contributed by atoms with Gasteiger partial charge < -0.3 is 10.2 Å². The molecule has 9 atom stereocenters. The Morgan fingerprint density at radius 1 is 0.727 bits per heavy atom. The van der Waals surface area contributed by atoms with Crippen LogP contribution in [0.2, 0.25) is 0 Å². The van der Waals surface area contributed by atoms with Crippen molar-refractivity contribution in [3.63, 3.8) is 0 Å². The molecule has 0 aromatic rings. The Kier molecular flexibility index (Phi) is 5.24. The lowest BCUT2D eigenvalue weighted by molar-refractivity contribution is -0.170. The zero-order valence-corrected chi connectivity index (χ0v) is 22.2. The molecular weight excluding hydrogens is 408 g/mol. The molecule has 0 heterocycles. The van der Waals surface area contributed by atoms with Crippen LogP contribution in [0.15, 0.2) is 11.6 Å². The van der Waals surface area contributed by atoms with Gasteiger partial charge in [-0.15, -0.1) is 0 Å². The van der Waals surface area contributed by atoms with Crippen LogP contribution >= 0.6 is 0 Å². The summed E-state index contributed by atoms with van der Waals surface area (Å²) < 4.78 is 0. The van der Waals surface area contributed by atoms with Crippen LogP contribution < -0.4 is 0 Å². The predicted molar refractivity (Wildman–Crippen MR) is 132 cm³/mol. The molecule has 0 unspecified atom stereocenters. The van der Waals surface area contributed by atoms with Crippen LogP contribution in [0.3, 0.4) is 0 Å². The Bertz CT molecular complexity index is 870. The van der Waals surface area contributed by atoms with E-state index in [-0.39, 0.29) is 44.9 Å². The van der Waals surface area contributed by atoms with E-state index in [0.717, 1.165) is 32.1 Å². The summed E-state index contributed by atoms with van der Waals surface area (Å²) in [7, 11) is 0. The fourth-order valence-electron chi connectivity index (χ4n) is 10.9. The number of carbonyl (C=O) groups is 1. The van der Waals surface area contributed by atoms with Gasteiger partial charge in [0.25, 0.3) is 0 Å². The third-order valence-electron chi connectivity index (χ3n) is 12.6. The van der Waals surface area contributed by atoms with Gasteiger partial charge in [0, 0.05) is 11.3 Å². The summed E-state index contributed by atoms with van der Waals surface area (Å²) in [5.41, 5.74) is 1.48. The van der Waals surface area contributed by atoms with Gasteiger partial charge in [0.2, 0.25) is 0 Å². The summed E-state index contributed by atoms with van der Waals surface area (Å²) in [6.07, 6.45) is 11.1. The SMILES string of the molecule is CC1(C)[C@@H](O)CC[C@@]2(C)[C@H]1CC[C@@]1(C)CC3=CC(=O)[C@H]4C(C)(C)[C@@H](O)CC[C@]4(C)[C@H]3CC[C@@H]12. The molecule has 3 nitrogen and oxygen atoms in total. The molecule has 0 bridgehead atoms. The van der Waals surface area contributed by atoms with Crippen molar-refractivity contribution in [2.24, 2.45) is 50.7 Å². The van der Waals surface area contributed by atoms with Crippen molar-refractivity contribution in [2.45, 2.75) is 118 Å². The molecule has 0 saturated heterocycles. The van der Waals surface area contributed by atoms with E-state index in [9.17, 15) is 15.0 Å². The van der Waals surface area contributed by atoms with E-state index in [1.165, 1.54) is 31.3 Å². The largest absolute Gasteiger partial charge is 0.393 e. The fraction of sp³-hybridized carbons (Fsp3) is 0.900. The maximum absolute atomic E-state index is 13.6. The van der Waals surface area contributed by atoms with E-state index in [2.05, 4.69) is 48.5 Å². The molecule has 0 amide bonds. The van der Waals surface area contributed by atoms with E-state index in [1.807, 2.05) is 6.08 Å². The number of hydrogen-bond donors (Lipinski definition) is 2. The van der Waals surface area contributed by atoms with Crippen molar-refractivity contribution in [3.05, 3.63) is 11.6 Å². The minimum atomic E-state index is -0.393. The first-order valence-corrected chi connectivity index (χ1v) is 13.8. The minimum Gasteiger partial charge on any atom is -0.393 e. The van der Waals surface area contributed by atoms with E-state index < -0.39 is 6.10 Å². The number of aliphatic hydroxyl groups excluding tert-OH is 2. The van der Waals surface area contributed by atoms with Crippen molar-refractivity contribution in [2.75, 3.05) is 0 Å². The number of hydrogen-bond acceptors (Lipinski definition) is 3. The highest BCUT2D eigenvalue weighted by molar-refractivity contribution is 5.95. The molecule has 3 heteroatoms. The molecule has 33 heavy (non-hydrogen) atoms. The Morgan fingerprint density at radius 3 is 2.00 bits per heavy atom. The maximum Gasteiger partial charge on any atom is 0.159 e.